The highest BCUT2D eigenvalue weighted by molar-refractivity contribution is 6.39. The minimum absolute atomic E-state index is 0.487. The van der Waals surface area contributed by atoms with Crippen LogP contribution in [0.2, 0.25) is 0 Å². The van der Waals surface area contributed by atoms with E-state index in [1.54, 1.807) is 0 Å². The van der Waals surface area contributed by atoms with Crippen LogP contribution in [0, 0.1) is 0 Å². The SMILES string of the molecule is CCc1ccc(NC(=O)C(=O)N(CC)CC)cc1. The second-order valence-corrected chi connectivity index (χ2v) is 3.98. The predicted molar refractivity (Wildman–Crippen MR) is 72.4 cm³/mol. The predicted octanol–water partition coefficient (Wildman–Crippen LogP) is 2.06. The zero-order valence-electron chi connectivity index (χ0n) is 11.2. The van der Waals surface area contributed by atoms with Crippen LogP contribution >= 0.6 is 0 Å². The molecular formula is C14H20N2O2. The third-order valence-corrected chi connectivity index (χ3v) is 2.86. The van der Waals surface area contributed by atoms with Gasteiger partial charge in [-0.1, -0.05) is 19.1 Å². The minimum Gasteiger partial charge on any atom is -0.335 e. The van der Waals surface area contributed by atoms with Gasteiger partial charge in [0.25, 0.3) is 0 Å². The fourth-order valence-corrected chi connectivity index (χ4v) is 1.66. The molecule has 0 atom stereocenters. The number of benzene rings is 1. The first kappa shape index (κ1) is 14.2. The Hall–Kier alpha value is -1.84. The lowest BCUT2D eigenvalue weighted by atomic mass is 10.1. The van der Waals surface area contributed by atoms with Crippen molar-refractivity contribution in [1.29, 1.82) is 0 Å². The van der Waals surface area contributed by atoms with Crippen LogP contribution in [0.3, 0.4) is 0 Å². The van der Waals surface area contributed by atoms with Gasteiger partial charge in [0.15, 0.2) is 0 Å². The lowest BCUT2D eigenvalue weighted by Gasteiger charge is -2.17. The fourth-order valence-electron chi connectivity index (χ4n) is 1.66. The van der Waals surface area contributed by atoms with Crippen molar-refractivity contribution >= 4 is 17.5 Å². The molecule has 0 fully saturated rings. The molecule has 0 aliphatic carbocycles. The summed E-state index contributed by atoms with van der Waals surface area (Å²) in [6.45, 7) is 6.85. The number of carbonyl (C=O) groups is 2. The number of nitrogens with one attached hydrogen (secondary N) is 1. The molecule has 4 heteroatoms. The normalized spacial score (nSPS) is 9.94. The Kier molecular flexibility index (Phi) is 5.36. The monoisotopic (exact) mass is 248 g/mol. The Balaban J connectivity index is 2.66. The average molecular weight is 248 g/mol. The van der Waals surface area contributed by atoms with Crippen molar-refractivity contribution in [3.8, 4) is 0 Å². The highest BCUT2D eigenvalue weighted by Gasteiger charge is 2.18. The summed E-state index contributed by atoms with van der Waals surface area (Å²) in [4.78, 5) is 25.0. The van der Waals surface area contributed by atoms with Crippen molar-refractivity contribution in [2.75, 3.05) is 18.4 Å². The Bertz CT molecular complexity index is 408. The van der Waals surface area contributed by atoms with E-state index >= 15 is 0 Å². The van der Waals surface area contributed by atoms with Gasteiger partial charge in [-0.15, -0.1) is 0 Å². The molecule has 1 aromatic carbocycles. The lowest BCUT2D eigenvalue weighted by molar-refractivity contribution is -0.142. The number of amides is 2. The van der Waals surface area contributed by atoms with E-state index < -0.39 is 11.8 Å². The molecule has 0 aliphatic heterocycles. The van der Waals surface area contributed by atoms with Gasteiger partial charge in [-0.2, -0.15) is 0 Å². The summed E-state index contributed by atoms with van der Waals surface area (Å²) in [5, 5.41) is 2.61. The van der Waals surface area contributed by atoms with Crippen LogP contribution in [-0.4, -0.2) is 29.8 Å². The topological polar surface area (TPSA) is 49.4 Å². The van der Waals surface area contributed by atoms with Gasteiger partial charge in [0.2, 0.25) is 0 Å². The van der Waals surface area contributed by atoms with E-state index in [1.807, 2.05) is 38.1 Å². The second kappa shape index (κ2) is 6.79. The summed E-state index contributed by atoms with van der Waals surface area (Å²) in [6.07, 6.45) is 0.951. The van der Waals surface area contributed by atoms with Gasteiger partial charge in [-0.25, -0.2) is 0 Å². The number of anilines is 1. The van der Waals surface area contributed by atoms with Crippen molar-refractivity contribution in [3.05, 3.63) is 29.8 Å². The van der Waals surface area contributed by atoms with Gasteiger partial charge in [0.1, 0.15) is 0 Å². The first-order valence-electron chi connectivity index (χ1n) is 6.31. The molecule has 1 N–H and O–H groups in total. The van der Waals surface area contributed by atoms with Crippen LogP contribution in [0.4, 0.5) is 5.69 Å². The Morgan fingerprint density at radius 2 is 1.61 bits per heavy atom. The standard InChI is InChI=1S/C14H20N2O2/c1-4-11-7-9-12(10-8-11)15-13(17)14(18)16(5-2)6-3/h7-10H,4-6H2,1-3H3,(H,15,17). The van der Waals surface area contributed by atoms with Crippen LogP contribution < -0.4 is 5.32 Å². The zero-order chi connectivity index (χ0) is 13.5. The third kappa shape index (κ3) is 3.58. The van der Waals surface area contributed by atoms with Gasteiger partial charge in [0, 0.05) is 18.8 Å². The van der Waals surface area contributed by atoms with Crippen molar-refractivity contribution in [2.45, 2.75) is 27.2 Å². The number of hydrogen-bond acceptors (Lipinski definition) is 2. The first-order valence-corrected chi connectivity index (χ1v) is 6.31. The first-order chi connectivity index (χ1) is 8.62. The van der Waals surface area contributed by atoms with Crippen molar-refractivity contribution < 1.29 is 9.59 Å². The molecule has 0 unspecified atom stereocenters. The molecule has 1 aromatic rings. The maximum atomic E-state index is 11.7. The molecule has 2 amide bonds. The second-order valence-electron chi connectivity index (χ2n) is 3.98. The summed E-state index contributed by atoms with van der Waals surface area (Å²) in [7, 11) is 0. The molecule has 0 radical (unpaired) electrons. The van der Waals surface area contributed by atoms with E-state index in [2.05, 4.69) is 12.2 Å². The number of carbonyl (C=O) groups excluding carboxylic acids is 2. The third-order valence-electron chi connectivity index (χ3n) is 2.86. The molecule has 18 heavy (non-hydrogen) atoms. The summed E-state index contributed by atoms with van der Waals surface area (Å²) < 4.78 is 0. The Morgan fingerprint density at radius 1 is 1.06 bits per heavy atom. The van der Waals surface area contributed by atoms with E-state index in [1.165, 1.54) is 10.5 Å². The van der Waals surface area contributed by atoms with Crippen LogP contribution in [-0.2, 0) is 16.0 Å². The van der Waals surface area contributed by atoms with Crippen LogP contribution in [0.5, 0.6) is 0 Å². The van der Waals surface area contributed by atoms with E-state index in [0.717, 1.165) is 6.42 Å². The molecule has 0 spiro atoms. The van der Waals surface area contributed by atoms with Crippen molar-refractivity contribution in [1.82, 2.24) is 4.90 Å². The van der Waals surface area contributed by atoms with Gasteiger partial charge >= 0.3 is 11.8 Å². The van der Waals surface area contributed by atoms with Gasteiger partial charge in [0.05, 0.1) is 0 Å². The minimum atomic E-state index is -0.581. The molecule has 0 saturated carbocycles. The number of hydrogen-bond donors (Lipinski definition) is 1. The van der Waals surface area contributed by atoms with E-state index in [-0.39, 0.29) is 0 Å². The molecule has 98 valence electrons. The summed E-state index contributed by atoms with van der Waals surface area (Å²) in [6, 6.07) is 7.51. The number of likely N-dealkylation sites (N-methyl/N-ethyl adjacent to an activating group) is 1. The molecule has 1 rings (SSSR count). The largest absolute Gasteiger partial charge is 0.335 e. The molecule has 0 aromatic heterocycles. The summed E-state index contributed by atoms with van der Waals surface area (Å²) in [5.41, 5.74) is 1.85. The van der Waals surface area contributed by atoms with Gasteiger partial charge in [-0.05, 0) is 38.0 Å². The van der Waals surface area contributed by atoms with Crippen LogP contribution in [0.1, 0.15) is 26.3 Å². The molecule has 4 nitrogen and oxygen atoms in total. The number of nitrogens with zero attached hydrogens (tertiary/aromatic N) is 1. The fraction of sp³-hybridized carbons (Fsp3) is 0.429. The highest BCUT2D eigenvalue weighted by atomic mass is 16.2. The molecule has 0 heterocycles. The van der Waals surface area contributed by atoms with Crippen molar-refractivity contribution in [3.63, 3.8) is 0 Å². The lowest BCUT2D eigenvalue weighted by Crippen LogP contribution is -2.39. The van der Waals surface area contributed by atoms with Crippen molar-refractivity contribution in [2.24, 2.45) is 0 Å². The van der Waals surface area contributed by atoms with E-state index in [9.17, 15) is 9.59 Å². The zero-order valence-corrected chi connectivity index (χ0v) is 11.2. The average Bonchev–Trinajstić information content (AvgIpc) is 2.40. The maximum absolute atomic E-state index is 11.7. The van der Waals surface area contributed by atoms with E-state index in [0.29, 0.717) is 18.8 Å². The Morgan fingerprint density at radius 3 is 2.06 bits per heavy atom. The quantitative estimate of drug-likeness (QED) is 0.829. The highest BCUT2D eigenvalue weighted by Crippen LogP contribution is 2.10. The van der Waals surface area contributed by atoms with Gasteiger partial charge < -0.3 is 10.2 Å². The van der Waals surface area contributed by atoms with Crippen LogP contribution in [0.25, 0.3) is 0 Å². The number of aryl methyl sites for hydroxylation is 1. The van der Waals surface area contributed by atoms with Gasteiger partial charge in [-0.3, -0.25) is 9.59 Å². The molecule has 0 bridgehead atoms. The van der Waals surface area contributed by atoms with E-state index in [4.69, 9.17) is 0 Å². The maximum Gasteiger partial charge on any atom is 0.313 e. The molecule has 0 saturated heterocycles. The smallest absolute Gasteiger partial charge is 0.313 e. The molecule has 0 aliphatic rings. The summed E-state index contributed by atoms with van der Waals surface area (Å²) >= 11 is 0. The number of rotatable bonds is 4. The summed E-state index contributed by atoms with van der Waals surface area (Å²) in [5.74, 6) is -1.07. The van der Waals surface area contributed by atoms with Crippen LogP contribution in [0.15, 0.2) is 24.3 Å². The molecular weight excluding hydrogens is 228 g/mol. The Labute approximate surface area is 108 Å².